The summed E-state index contributed by atoms with van der Waals surface area (Å²) in [6.07, 6.45) is 2.13. The third-order valence-electron chi connectivity index (χ3n) is 8.20. The van der Waals surface area contributed by atoms with Crippen LogP contribution in [0.3, 0.4) is 0 Å². The average molecular weight is 649 g/mol. The molecule has 228 valence electrons. The van der Waals surface area contributed by atoms with Gasteiger partial charge in [-0.25, -0.2) is 9.59 Å². The van der Waals surface area contributed by atoms with Crippen LogP contribution < -0.4 is 0 Å². The largest absolute Gasteiger partial charge is 2.00 e. The van der Waals surface area contributed by atoms with Crippen molar-refractivity contribution >= 4 is 55.0 Å². The van der Waals surface area contributed by atoms with Crippen molar-refractivity contribution in [2.24, 2.45) is 0 Å². The smallest absolute Gasteiger partial charge is 0.478 e. The van der Waals surface area contributed by atoms with Crippen LogP contribution in [0, 0.1) is 0 Å². The molecule has 8 aromatic carbocycles. The van der Waals surface area contributed by atoms with E-state index in [2.05, 4.69) is 97.1 Å². The molecule has 2 N–H and O–H groups in total. The van der Waals surface area contributed by atoms with Gasteiger partial charge in [0.05, 0.1) is 11.1 Å². The van der Waals surface area contributed by atoms with E-state index in [1.807, 2.05) is 0 Å². The molecule has 5 heteroatoms. The van der Waals surface area contributed by atoms with Gasteiger partial charge in [-0.3, -0.25) is 0 Å². The van der Waals surface area contributed by atoms with Crippen molar-refractivity contribution in [3.05, 3.63) is 180 Å². The van der Waals surface area contributed by atoms with E-state index < -0.39 is 11.9 Å². The number of carbonyl (C=O) groups is 2. The Kier molecular flexibility index (Phi) is 10.8. The molecule has 0 aromatic heterocycles. The quantitative estimate of drug-likeness (QED) is 0.144. The van der Waals surface area contributed by atoms with E-state index in [0.717, 1.165) is 12.8 Å². The molecule has 47 heavy (non-hydrogen) atoms. The second-order valence-electron chi connectivity index (χ2n) is 11.1. The number of aromatic carboxylic acids is 2. The molecule has 8 aromatic rings. The molecule has 0 spiro atoms. The Morgan fingerprint density at radius 3 is 1.13 bits per heavy atom. The second kappa shape index (κ2) is 15.3. The van der Waals surface area contributed by atoms with Gasteiger partial charge in [0.25, 0.3) is 0 Å². The Balaban J connectivity index is 0.000000188. The molecule has 0 saturated heterocycles. The maximum atomic E-state index is 10.2. The Morgan fingerprint density at radius 2 is 0.766 bits per heavy atom. The Morgan fingerprint density at radius 1 is 0.426 bits per heavy atom. The van der Waals surface area contributed by atoms with Gasteiger partial charge in [-0.15, -0.1) is 78.5 Å². The first kappa shape index (κ1) is 33.1. The molecule has 0 atom stereocenters. The van der Waals surface area contributed by atoms with Gasteiger partial charge in [0.15, 0.2) is 0 Å². The Bertz CT molecular complexity index is 2100. The first-order chi connectivity index (χ1) is 22.5. The zero-order valence-electron chi connectivity index (χ0n) is 25.6. The summed E-state index contributed by atoms with van der Waals surface area (Å²) in [5.74, 6) is -1.76. The zero-order valence-corrected chi connectivity index (χ0v) is 27.2. The normalized spacial score (nSPS) is 10.5. The van der Waals surface area contributed by atoms with Crippen LogP contribution in [0.4, 0.5) is 0 Å². The van der Waals surface area contributed by atoms with Crippen molar-refractivity contribution in [1.82, 2.24) is 0 Å². The van der Waals surface area contributed by atoms with Gasteiger partial charge < -0.3 is 10.2 Å². The molecule has 0 aliphatic carbocycles. The topological polar surface area (TPSA) is 74.6 Å². The van der Waals surface area contributed by atoms with E-state index in [1.54, 1.807) is 60.7 Å². The van der Waals surface area contributed by atoms with Crippen LogP contribution in [-0.4, -0.2) is 22.2 Å². The molecule has 8 rings (SSSR count). The maximum Gasteiger partial charge on any atom is 2.00 e. The SMILES string of the molecule is O=C(O)c1ccccc1.O=C(O)c1ccccc1.[Ti+2].c1ccc2c(c1)[cH-]c1c(CCc3cccc4c3[cH-]c3ccccc34)cccc12. The molecular formula is C42H32O4Ti. The van der Waals surface area contributed by atoms with Crippen molar-refractivity contribution in [3.63, 3.8) is 0 Å². The molecule has 0 aliphatic heterocycles. The predicted molar refractivity (Wildman–Crippen MR) is 188 cm³/mol. The van der Waals surface area contributed by atoms with E-state index >= 15 is 0 Å². The number of aryl methyl sites for hydroxylation is 2. The molecule has 0 amide bonds. The fourth-order valence-corrected chi connectivity index (χ4v) is 5.95. The van der Waals surface area contributed by atoms with Crippen molar-refractivity contribution in [2.45, 2.75) is 12.8 Å². The van der Waals surface area contributed by atoms with Crippen LogP contribution in [0.1, 0.15) is 31.8 Å². The van der Waals surface area contributed by atoms with Crippen molar-refractivity contribution in [2.75, 3.05) is 0 Å². The number of rotatable bonds is 5. The van der Waals surface area contributed by atoms with Crippen LogP contribution in [-0.2, 0) is 34.6 Å². The summed E-state index contributed by atoms with van der Waals surface area (Å²) >= 11 is 0. The van der Waals surface area contributed by atoms with E-state index in [4.69, 9.17) is 10.2 Å². The predicted octanol–water partition coefficient (Wildman–Crippen LogP) is 10.3. The van der Waals surface area contributed by atoms with Gasteiger partial charge >= 0.3 is 33.7 Å². The molecule has 0 bridgehead atoms. The summed E-state index contributed by atoms with van der Waals surface area (Å²) in [4.78, 5) is 20.4. The molecule has 0 fully saturated rings. The molecular weight excluding hydrogens is 616 g/mol. The minimum absolute atomic E-state index is 0. The molecule has 0 unspecified atom stereocenters. The number of fused-ring (bicyclic) bond motifs is 6. The van der Waals surface area contributed by atoms with Gasteiger partial charge in [0, 0.05) is 0 Å². The van der Waals surface area contributed by atoms with E-state index in [-0.39, 0.29) is 21.7 Å². The van der Waals surface area contributed by atoms with E-state index in [9.17, 15) is 9.59 Å². The average Bonchev–Trinajstić information content (AvgIpc) is 3.68. The van der Waals surface area contributed by atoms with E-state index in [0.29, 0.717) is 11.1 Å². The fourth-order valence-electron chi connectivity index (χ4n) is 5.95. The number of benzene rings is 6. The summed E-state index contributed by atoms with van der Waals surface area (Å²) in [6, 6.07) is 52.3. The summed E-state index contributed by atoms with van der Waals surface area (Å²) in [5, 5.41) is 27.8. The summed E-state index contributed by atoms with van der Waals surface area (Å²) in [7, 11) is 0. The monoisotopic (exact) mass is 648 g/mol. The number of carboxylic acids is 2. The van der Waals surface area contributed by atoms with Gasteiger partial charge in [0.1, 0.15) is 0 Å². The third-order valence-corrected chi connectivity index (χ3v) is 8.20. The van der Waals surface area contributed by atoms with Crippen molar-refractivity contribution in [3.8, 4) is 0 Å². The minimum Gasteiger partial charge on any atom is -0.478 e. The second-order valence-corrected chi connectivity index (χ2v) is 11.1. The fraction of sp³-hybridized carbons (Fsp3) is 0.0476. The number of carboxylic acid groups (broad SMARTS) is 2. The number of hydrogen-bond donors (Lipinski definition) is 2. The Labute approximate surface area is 288 Å². The molecule has 0 aliphatic rings. The van der Waals surface area contributed by atoms with Gasteiger partial charge in [-0.2, -0.15) is 0 Å². The van der Waals surface area contributed by atoms with Crippen LogP contribution in [0.5, 0.6) is 0 Å². The molecule has 0 radical (unpaired) electrons. The maximum absolute atomic E-state index is 10.2. The molecule has 4 nitrogen and oxygen atoms in total. The van der Waals surface area contributed by atoms with Gasteiger partial charge in [0.2, 0.25) is 0 Å². The zero-order chi connectivity index (χ0) is 31.9. The van der Waals surface area contributed by atoms with Crippen molar-refractivity contribution in [1.29, 1.82) is 0 Å². The summed E-state index contributed by atoms with van der Waals surface area (Å²) < 4.78 is 0. The summed E-state index contributed by atoms with van der Waals surface area (Å²) in [6.45, 7) is 0. The first-order valence-corrected chi connectivity index (χ1v) is 15.2. The molecule has 0 heterocycles. The van der Waals surface area contributed by atoms with Crippen LogP contribution in [0.15, 0.2) is 158 Å². The summed E-state index contributed by atoms with van der Waals surface area (Å²) in [5.41, 5.74) is 3.55. The van der Waals surface area contributed by atoms with Crippen LogP contribution >= 0.6 is 0 Å². The number of hydrogen-bond acceptors (Lipinski definition) is 2. The Hall–Kier alpha value is -5.29. The van der Waals surface area contributed by atoms with Gasteiger partial charge in [-0.05, 0) is 24.3 Å². The van der Waals surface area contributed by atoms with Crippen LogP contribution in [0.25, 0.3) is 43.1 Å². The minimum atomic E-state index is -0.879. The van der Waals surface area contributed by atoms with Gasteiger partial charge in [-0.1, -0.05) is 122 Å². The van der Waals surface area contributed by atoms with Crippen LogP contribution in [0.2, 0.25) is 0 Å². The first-order valence-electron chi connectivity index (χ1n) is 15.2. The molecule has 0 saturated carbocycles. The van der Waals surface area contributed by atoms with Crippen molar-refractivity contribution < 1.29 is 41.5 Å². The third kappa shape index (κ3) is 7.58. The standard InChI is InChI=1S/C28H20.2C7H6O2.Ti/c1-3-11-23-21(7-1)17-27-19(9-5-13-25(23)27)15-16-20-10-6-14-26-24-12-4-2-8-22(24)18-28(20)26;2*8-7(9)6-4-2-1-3-5-6;/h1-14,17-18H,15-16H2;2*1-5H,(H,8,9);/q-2;;;+2. The van der Waals surface area contributed by atoms with E-state index in [1.165, 1.54) is 54.2 Å².